The molecule has 0 saturated carbocycles. The summed E-state index contributed by atoms with van der Waals surface area (Å²) >= 11 is 0. The first kappa shape index (κ1) is 60.0. The van der Waals surface area contributed by atoms with Gasteiger partial charge >= 0.3 is 12.2 Å². The molecule has 0 saturated heterocycles. The Morgan fingerprint density at radius 3 is 1.06 bits per heavy atom. The summed E-state index contributed by atoms with van der Waals surface area (Å²) in [6.07, 6.45) is 6.77. The molecule has 84 heavy (non-hydrogen) atoms. The van der Waals surface area contributed by atoms with Gasteiger partial charge in [-0.15, -0.1) is 11.1 Å². The van der Waals surface area contributed by atoms with Crippen LogP contribution in [-0.4, -0.2) is 89.3 Å². The lowest BCUT2D eigenvalue weighted by Gasteiger charge is -2.14. The molecule has 9 rings (SSSR count). The Morgan fingerprint density at radius 2 is 0.726 bits per heavy atom. The van der Waals surface area contributed by atoms with Crippen molar-refractivity contribution in [3.05, 3.63) is 166 Å². The average molecular weight is 1180 g/mol. The molecule has 426 valence electrons. The van der Waals surface area contributed by atoms with Crippen molar-refractivity contribution >= 4 is 103 Å². The second-order valence-electron chi connectivity index (χ2n) is 25.7. The zero-order valence-electron chi connectivity index (χ0n) is 50.3. The number of aliphatic imine (C=N–C) groups is 2. The number of hydrogen-bond acceptors (Lipinski definition) is 6. The second kappa shape index (κ2) is 24.7. The Morgan fingerprint density at radius 1 is 0.429 bits per heavy atom. The highest BCUT2D eigenvalue weighted by Gasteiger charge is 2.22. The highest BCUT2D eigenvalue weighted by molar-refractivity contribution is 6.84. The van der Waals surface area contributed by atoms with Crippen LogP contribution in [0.25, 0.3) is 90.9 Å². The molecule has 0 fully saturated rings. The maximum absolute atomic E-state index is 12.8. The van der Waals surface area contributed by atoms with Crippen LogP contribution in [0.3, 0.4) is 0 Å². The molecule has 0 atom stereocenters. The molecule has 16 heteroatoms. The largest absolute Gasteiger partial charge is 0.448 e. The maximum atomic E-state index is 12.8. The van der Waals surface area contributed by atoms with Crippen molar-refractivity contribution in [3.63, 3.8) is 0 Å². The summed E-state index contributed by atoms with van der Waals surface area (Å²) in [5, 5.41) is 0. The SMILES string of the molecule is C[Si](C)(C)C#Cc1ccc(-c2c3nc(c(-c4ccc(/C(N)=N\C(=O)OCC[Si](C)(C)C)cc4)c4nc(c(-c5ccc(C#C[Si](C)(C)C)cc5)c5ccc([nH]5)c(-c5ccc(/C(N)=N\C(=O)OCC[Si](C)(C)C)cc5)c5ccc2[nH]5)C=C4)C=C3)cc1. The summed E-state index contributed by atoms with van der Waals surface area (Å²) < 4.78 is 10.9. The van der Waals surface area contributed by atoms with E-state index < -0.39 is 44.5 Å². The van der Waals surface area contributed by atoms with Gasteiger partial charge in [0.15, 0.2) is 0 Å². The van der Waals surface area contributed by atoms with Gasteiger partial charge < -0.3 is 30.9 Å². The molecule has 7 aromatic rings. The summed E-state index contributed by atoms with van der Waals surface area (Å²) in [6.45, 7) is 27.4. The number of benzene rings is 4. The van der Waals surface area contributed by atoms with Gasteiger partial charge in [0.25, 0.3) is 0 Å². The summed E-state index contributed by atoms with van der Waals surface area (Å²) in [5.74, 6) is 6.97. The van der Waals surface area contributed by atoms with E-state index in [1.807, 2.05) is 60.7 Å². The molecule has 0 unspecified atom stereocenters. The minimum Gasteiger partial charge on any atom is -0.448 e. The van der Waals surface area contributed by atoms with Gasteiger partial charge in [0.2, 0.25) is 0 Å². The number of ether oxygens (including phenoxy) is 2. The summed E-state index contributed by atoms with van der Waals surface area (Å²) in [6, 6.07) is 42.1. The Kier molecular flexibility index (Phi) is 17.6. The quantitative estimate of drug-likeness (QED) is 0.0403. The van der Waals surface area contributed by atoms with Gasteiger partial charge in [0, 0.05) is 82.7 Å². The van der Waals surface area contributed by atoms with Crippen molar-refractivity contribution in [1.29, 1.82) is 0 Å². The normalized spacial score (nSPS) is 12.8. The smallest absolute Gasteiger partial charge is 0.435 e. The predicted octanol–water partition coefficient (Wildman–Crippen LogP) is 16.1. The molecule has 2 amide bonds. The topological polar surface area (TPSA) is 187 Å². The van der Waals surface area contributed by atoms with E-state index in [1.165, 1.54) is 0 Å². The number of amides is 2. The van der Waals surface area contributed by atoms with Crippen molar-refractivity contribution in [1.82, 2.24) is 19.9 Å². The number of rotatable bonds is 12. The number of nitrogens with one attached hydrogen (secondary N) is 2. The van der Waals surface area contributed by atoms with E-state index in [0.29, 0.717) is 35.7 Å². The first-order chi connectivity index (χ1) is 39.7. The monoisotopic (exact) mass is 1180 g/mol. The molecule has 0 aliphatic carbocycles. The lowest BCUT2D eigenvalue weighted by molar-refractivity contribution is 0.162. The van der Waals surface area contributed by atoms with Crippen molar-refractivity contribution < 1.29 is 19.1 Å². The van der Waals surface area contributed by atoms with E-state index in [4.69, 9.17) is 30.9 Å². The Hall–Kier alpha value is -8.65. The maximum Gasteiger partial charge on any atom is 0.435 e. The number of carbonyl (C=O) groups excluding carboxylic acids is 2. The number of fused-ring (bicyclic) bond motifs is 8. The standard InChI is InChI=1S/C68H74N8O4Si4/c1-81(2,3)41-37-45-13-17-47(18-14-45)61-53-29-33-57(71-53)63(49-21-25-51(26-22-49)65(69)75-67(77)79-39-43-83(7,8)9)59-35-31-55(73-59)62(48-19-15-46(16-20-48)38-42-82(4,5)6)56-32-36-60(74-56)64(58-34-30-54(61)72-58)50-23-27-52(28-24-50)66(70)76-68(78)80-40-44-84(10,11)12/h13-36,71,73H,39-40,43-44H2,1-12H3,(H2,69,75,77)(H2,70,76,78). The first-order valence-electron chi connectivity index (χ1n) is 28.4. The van der Waals surface area contributed by atoms with Crippen molar-refractivity contribution in [2.24, 2.45) is 21.5 Å². The highest BCUT2D eigenvalue weighted by atomic mass is 28.3. The molecular weight excluding hydrogens is 1110 g/mol. The molecule has 4 aromatic carbocycles. The van der Waals surface area contributed by atoms with Crippen LogP contribution in [0.2, 0.25) is 90.7 Å². The third kappa shape index (κ3) is 15.5. The minimum atomic E-state index is -1.64. The van der Waals surface area contributed by atoms with Crippen LogP contribution in [-0.2, 0) is 9.47 Å². The molecule has 3 aromatic heterocycles. The van der Waals surface area contributed by atoms with Gasteiger partial charge in [-0.3, -0.25) is 0 Å². The third-order valence-corrected chi connectivity index (χ3v) is 18.9. The van der Waals surface area contributed by atoms with Crippen LogP contribution in [0.4, 0.5) is 9.59 Å². The molecule has 2 aliphatic heterocycles. The van der Waals surface area contributed by atoms with Crippen LogP contribution >= 0.6 is 0 Å². The highest BCUT2D eigenvalue weighted by Crippen LogP contribution is 2.39. The lowest BCUT2D eigenvalue weighted by Crippen LogP contribution is -2.23. The fourth-order valence-electron chi connectivity index (χ4n) is 9.28. The van der Waals surface area contributed by atoms with Crippen LogP contribution in [0.5, 0.6) is 0 Å². The molecule has 0 spiro atoms. The number of aromatic nitrogens is 4. The Bertz CT molecular complexity index is 3930. The minimum absolute atomic E-state index is 0.0627. The predicted molar refractivity (Wildman–Crippen MR) is 362 cm³/mol. The van der Waals surface area contributed by atoms with Gasteiger partial charge in [0.05, 0.1) is 36.0 Å². The van der Waals surface area contributed by atoms with Gasteiger partial charge in [-0.25, -0.2) is 19.6 Å². The van der Waals surface area contributed by atoms with Crippen LogP contribution in [0.15, 0.2) is 131 Å². The summed E-state index contributed by atoms with van der Waals surface area (Å²) in [7, 11) is -6.12. The van der Waals surface area contributed by atoms with Crippen LogP contribution in [0, 0.1) is 22.9 Å². The molecule has 5 heterocycles. The van der Waals surface area contributed by atoms with E-state index in [0.717, 1.165) is 101 Å². The van der Waals surface area contributed by atoms with Crippen molar-refractivity contribution in [2.75, 3.05) is 13.2 Å². The average Bonchev–Trinajstić information content (AvgIpc) is 4.43. The number of aromatic amines is 2. The third-order valence-electron chi connectivity index (χ3n) is 13.8. The summed E-state index contributed by atoms with van der Waals surface area (Å²) in [4.78, 5) is 52.5. The molecule has 2 aliphatic rings. The van der Waals surface area contributed by atoms with E-state index in [-0.39, 0.29) is 11.7 Å². The summed E-state index contributed by atoms with van der Waals surface area (Å²) in [5.41, 5.74) is 36.2. The van der Waals surface area contributed by atoms with Crippen molar-refractivity contribution in [3.8, 4) is 67.4 Å². The van der Waals surface area contributed by atoms with E-state index in [2.05, 4.69) is 206 Å². The number of hydrogen-bond donors (Lipinski definition) is 4. The molecular formula is C68H74N8O4Si4. The molecule has 6 N–H and O–H groups in total. The van der Waals surface area contributed by atoms with Gasteiger partial charge in [0.1, 0.15) is 27.8 Å². The second-order valence-corrected chi connectivity index (χ2v) is 46.4. The molecule has 8 bridgehead atoms. The van der Waals surface area contributed by atoms with E-state index in [1.54, 1.807) is 0 Å². The van der Waals surface area contributed by atoms with E-state index in [9.17, 15) is 9.59 Å². The number of H-pyrrole nitrogens is 2. The number of nitrogens with two attached hydrogens (primary N) is 2. The number of nitrogens with zero attached hydrogens (tertiary/aromatic N) is 4. The number of amidine groups is 2. The Balaban J connectivity index is 1.28. The molecule has 12 nitrogen and oxygen atoms in total. The van der Waals surface area contributed by atoms with Crippen LogP contribution in [0.1, 0.15) is 45.0 Å². The van der Waals surface area contributed by atoms with Crippen molar-refractivity contribution in [2.45, 2.75) is 90.7 Å². The zero-order valence-corrected chi connectivity index (χ0v) is 54.3. The zero-order chi connectivity index (χ0) is 60.1. The van der Waals surface area contributed by atoms with E-state index >= 15 is 0 Å². The van der Waals surface area contributed by atoms with Gasteiger partial charge in [-0.05, 0) is 107 Å². The Labute approximate surface area is 497 Å². The van der Waals surface area contributed by atoms with Crippen LogP contribution < -0.4 is 11.5 Å². The van der Waals surface area contributed by atoms with Gasteiger partial charge in [-0.2, -0.15) is 9.98 Å². The first-order valence-corrected chi connectivity index (χ1v) is 42.8. The number of carbonyl (C=O) groups is 2. The fraction of sp³-hybridized carbons (Fsp3) is 0.235. The lowest BCUT2D eigenvalue weighted by atomic mass is 10.0. The fourth-order valence-corrected chi connectivity index (χ4v) is 11.7. The van der Waals surface area contributed by atoms with Gasteiger partial charge in [-0.1, -0.05) is 163 Å². The molecule has 0 radical (unpaired) electrons.